The van der Waals surface area contributed by atoms with Gasteiger partial charge in [-0.15, -0.1) is 0 Å². The van der Waals surface area contributed by atoms with Crippen molar-refractivity contribution in [2.45, 2.75) is 27.7 Å². The Hall–Kier alpha value is -1.51. The summed E-state index contributed by atoms with van der Waals surface area (Å²) in [6.07, 6.45) is 0. The van der Waals surface area contributed by atoms with Crippen LogP contribution in [0.25, 0.3) is 0 Å². The molecular formula is C13H20N2O. The third-order valence-corrected chi connectivity index (χ3v) is 2.31. The zero-order chi connectivity index (χ0) is 12.1. The molecule has 0 aromatic heterocycles. The van der Waals surface area contributed by atoms with Crippen molar-refractivity contribution < 1.29 is 4.79 Å². The molecule has 0 spiro atoms. The molecule has 1 aromatic carbocycles. The van der Waals surface area contributed by atoms with Crippen LogP contribution in [0, 0.1) is 19.8 Å². The van der Waals surface area contributed by atoms with E-state index < -0.39 is 0 Å². The second kappa shape index (κ2) is 5.54. The van der Waals surface area contributed by atoms with E-state index in [0.717, 1.165) is 16.8 Å². The first kappa shape index (κ1) is 12.6. The Bertz CT molecular complexity index is 372. The largest absolute Gasteiger partial charge is 0.338 e. The molecule has 2 N–H and O–H groups in total. The van der Waals surface area contributed by atoms with Gasteiger partial charge >= 0.3 is 6.03 Å². The first-order valence-corrected chi connectivity index (χ1v) is 5.61. The Morgan fingerprint density at radius 1 is 1.31 bits per heavy atom. The molecule has 0 saturated heterocycles. The Kier molecular flexibility index (Phi) is 4.35. The minimum Gasteiger partial charge on any atom is -0.338 e. The van der Waals surface area contributed by atoms with E-state index in [9.17, 15) is 4.79 Å². The van der Waals surface area contributed by atoms with Crippen LogP contribution in [0.3, 0.4) is 0 Å². The molecule has 0 aliphatic carbocycles. The number of urea groups is 1. The van der Waals surface area contributed by atoms with Crippen LogP contribution >= 0.6 is 0 Å². The maximum absolute atomic E-state index is 11.6. The summed E-state index contributed by atoms with van der Waals surface area (Å²) >= 11 is 0. The highest BCUT2D eigenvalue weighted by Crippen LogP contribution is 2.15. The lowest BCUT2D eigenvalue weighted by molar-refractivity contribution is 0.251. The highest BCUT2D eigenvalue weighted by atomic mass is 16.2. The van der Waals surface area contributed by atoms with Crippen LogP contribution in [-0.4, -0.2) is 12.6 Å². The van der Waals surface area contributed by atoms with Crippen molar-refractivity contribution in [3.63, 3.8) is 0 Å². The van der Waals surface area contributed by atoms with Gasteiger partial charge in [-0.1, -0.05) is 26.0 Å². The van der Waals surface area contributed by atoms with E-state index in [1.165, 1.54) is 0 Å². The molecule has 0 fully saturated rings. The molecule has 88 valence electrons. The van der Waals surface area contributed by atoms with E-state index in [1.807, 2.05) is 32.0 Å². The number of hydrogen-bond donors (Lipinski definition) is 2. The van der Waals surface area contributed by atoms with Crippen LogP contribution in [0.4, 0.5) is 10.5 Å². The van der Waals surface area contributed by atoms with Gasteiger partial charge in [0.1, 0.15) is 0 Å². The van der Waals surface area contributed by atoms with E-state index >= 15 is 0 Å². The predicted octanol–water partition coefficient (Wildman–Crippen LogP) is 3.08. The number of aryl methyl sites for hydroxylation is 2. The lowest BCUT2D eigenvalue weighted by atomic mass is 10.1. The fourth-order valence-corrected chi connectivity index (χ4v) is 1.33. The van der Waals surface area contributed by atoms with E-state index in [0.29, 0.717) is 12.5 Å². The highest BCUT2D eigenvalue weighted by molar-refractivity contribution is 5.90. The van der Waals surface area contributed by atoms with Crippen LogP contribution in [0.1, 0.15) is 25.0 Å². The van der Waals surface area contributed by atoms with E-state index in [4.69, 9.17) is 0 Å². The first-order valence-electron chi connectivity index (χ1n) is 5.61. The number of carbonyl (C=O) groups is 1. The topological polar surface area (TPSA) is 41.1 Å². The Morgan fingerprint density at radius 2 is 2.00 bits per heavy atom. The average molecular weight is 220 g/mol. The zero-order valence-electron chi connectivity index (χ0n) is 10.4. The lowest BCUT2D eigenvalue weighted by Crippen LogP contribution is -2.31. The van der Waals surface area contributed by atoms with Gasteiger partial charge in [0.25, 0.3) is 0 Å². The monoisotopic (exact) mass is 220 g/mol. The fourth-order valence-electron chi connectivity index (χ4n) is 1.33. The summed E-state index contributed by atoms with van der Waals surface area (Å²) in [7, 11) is 0. The maximum atomic E-state index is 11.6. The van der Waals surface area contributed by atoms with Crippen LogP contribution < -0.4 is 10.6 Å². The molecule has 0 radical (unpaired) electrons. The summed E-state index contributed by atoms with van der Waals surface area (Å²) in [4.78, 5) is 11.6. The molecule has 0 bridgehead atoms. The molecule has 2 amide bonds. The normalized spacial score (nSPS) is 10.3. The highest BCUT2D eigenvalue weighted by Gasteiger charge is 2.04. The van der Waals surface area contributed by atoms with Crippen molar-refractivity contribution in [2.24, 2.45) is 5.92 Å². The summed E-state index contributed by atoms with van der Waals surface area (Å²) in [6, 6.07) is 5.88. The molecule has 3 nitrogen and oxygen atoms in total. The molecule has 3 heteroatoms. The molecule has 0 saturated carbocycles. The van der Waals surface area contributed by atoms with Crippen molar-refractivity contribution >= 4 is 11.7 Å². The number of carbonyl (C=O) groups excluding carboxylic acids is 1. The van der Waals surface area contributed by atoms with Gasteiger partial charge in [-0.2, -0.15) is 0 Å². The van der Waals surface area contributed by atoms with Crippen molar-refractivity contribution in [1.29, 1.82) is 0 Å². The Labute approximate surface area is 97.2 Å². The average Bonchev–Trinajstić information content (AvgIpc) is 2.20. The lowest BCUT2D eigenvalue weighted by Gasteiger charge is -2.11. The Morgan fingerprint density at radius 3 is 2.62 bits per heavy atom. The third kappa shape index (κ3) is 3.93. The van der Waals surface area contributed by atoms with Crippen LogP contribution in [0.5, 0.6) is 0 Å². The summed E-state index contributed by atoms with van der Waals surface area (Å²) in [5, 5.41) is 5.68. The summed E-state index contributed by atoms with van der Waals surface area (Å²) in [5.74, 6) is 0.462. The molecular weight excluding hydrogens is 200 g/mol. The molecule has 0 atom stereocenters. The van der Waals surface area contributed by atoms with Gasteiger partial charge in [0.15, 0.2) is 0 Å². The van der Waals surface area contributed by atoms with Gasteiger partial charge in [-0.3, -0.25) is 0 Å². The maximum Gasteiger partial charge on any atom is 0.319 e. The first-order chi connectivity index (χ1) is 7.49. The van der Waals surface area contributed by atoms with Gasteiger partial charge in [0.2, 0.25) is 0 Å². The van der Waals surface area contributed by atoms with Gasteiger partial charge in [-0.05, 0) is 37.0 Å². The number of anilines is 1. The van der Waals surface area contributed by atoms with E-state index in [-0.39, 0.29) is 6.03 Å². The fraction of sp³-hybridized carbons (Fsp3) is 0.462. The SMILES string of the molecule is Cc1ccc(C)c(NC(=O)NCC(C)C)c1. The molecule has 0 aliphatic heterocycles. The van der Waals surface area contributed by atoms with Crippen molar-refractivity contribution in [3.05, 3.63) is 29.3 Å². The third-order valence-electron chi connectivity index (χ3n) is 2.31. The van der Waals surface area contributed by atoms with Crippen molar-refractivity contribution in [3.8, 4) is 0 Å². The van der Waals surface area contributed by atoms with Gasteiger partial charge in [0.05, 0.1) is 0 Å². The van der Waals surface area contributed by atoms with Crippen LogP contribution in [0.2, 0.25) is 0 Å². The number of rotatable bonds is 3. The van der Waals surface area contributed by atoms with Gasteiger partial charge in [0, 0.05) is 12.2 Å². The minimum atomic E-state index is -0.137. The number of nitrogens with one attached hydrogen (secondary N) is 2. The number of hydrogen-bond acceptors (Lipinski definition) is 1. The van der Waals surface area contributed by atoms with Crippen molar-refractivity contribution in [2.75, 3.05) is 11.9 Å². The van der Waals surface area contributed by atoms with Crippen LogP contribution in [0.15, 0.2) is 18.2 Å². The summed E-state index contributed by atoms with van der Waals surface area (Å²) < 4.78 is 0. The predicted molar refractivity (Wildman–Crippen MR) is 67.8 cm³/mol. The second-order valence-corrected chi connectivity index (χ2v) is 4.55. The van der Waals surface area contributed by atoms with Crippen LogP contribution in [-0.2, 0) is 0 Å². The van der Waals surface area contributed by atoms with E-state index in [2.05, 4.69) is 24.5 Å². The standard InChI is InChI=1S/C13H20N2O/c1-9(2)8-14-13(16)15-12-7-10(3)5-6-11(12)4/h5-7,9H,8H2,1-4H3,(H2,14,15,16). The molecule has 0 aliphatic rings. The van der Waals surface area contributed by atoms with E-state index in [1.54, 1.807) is 0 Å². The summed E-state index contributed by atoms with van der Waals surface area (Å²) in [6.45, 7) is 8.82. The quantitative estimate of drug-likeness (QED) is 0.807. The zero-order valence-corrected chi connectivity index (χ0v) is 10.4. The molecule has 1 aromatic rings. The number of benzene rings is 1. The van der Waals surface area contributed by atoms with Gasteiger partial charge in [-0.25, -0.2) is 4.79 Å². The second-order valence-electron chi connectivity index (χ2n) is 4.55. The molecule has 0 unspecified atom stereocenters. The van der Waals surface area contributed by atoms with Gasteiger partial charge < -0.3 is 10.6 Å². The number of amides is 2. The smallest absolute Gasteiger partial charge is 0.319 e. The molecule has 1 rings (SSSR count). The summed E-state index contributed by atoms with van der Waals surface area (Å²) in [5.41, 5.74) is 3.09. The van der Waals surface area contributed by atoms with Crippen molar-refractivity contribution in [1.82, 2.24) is 5.32 Å². The Balaban J connectivity index is 2.59. The molecule has 16 heavy (non-hydrogen) atoms. The minimum absolute atomic E-state index is 0.137. The molecule has 0 heterocycles.